The minimum Gasteiger partial charge on any atom is -0.480 e. The highest BCUT2D eigenvalue weighted by Gasteiger charge is 2.21. The number of hydrogen-bond donors (Lipinski definition) is 2. The largest absolute Gasteiger partial charge is 0.480 e. The molecule has 2 rings (SSSR count). The van der Waals surface area contributed by atoms with Gasteiger partial charge in [-0.25, -0.2) is 9.78 Å². The van der Waals surface area contributed by atoms with Gasteiger partial charge in [-0.1, -0.05) is 13.3 Å². The Bertz CT molecular complexity index is 689. The number of rotatable bonds is 6. The van der Waals surface area contributed by atoms with Crippen molar-refractivity contribution in [1.29, 1.82) is 0 Å². The number of anilines is 1. The van der Waals surface area contributed by atoms with Crippen LogP contribution < -0.4 is 5.32 Å². The maximum atomic E-state index is 12.1. The average molecular weight is 306 g/mol. The molecule has 0 aromatic carbocycles. The monoisotopic (exact) mass is 306 g/mol. The number of aromatic nitrogens is 3. The van der Waals surface area contributed by atoms with E-state index >= 15 is 0 Å². The predicted molar refractivity (Wildman–Crippen MR) is 77.7 cm³/mol. The molecule has 0 bridgehead atoms. The molecular weight excluding hydrogens is 288 g/mol. The highest BCUT2D eigenvalue weighted by Crippen LogP contribution is 2.17. The van der Waals surface area contributed by atoms with Crippen molar-refractivity contribution in [1.82, 2.24) is 14.8 Å². The fourth-order valence-corrected chi connectivity index (χ4v) is 2.14. The number of carbonyl (C=O) groups is 2. The van der Waals surface area contributed by atoms with Crippen molar-refractivity contribution in [3.63, 3.8) is 0 Å². The Kier molecular flexibility index (Phi) is 4.59. The van der Waals surface area contributed by atoms with Crippen LogP contribution in [0.15, 0.2) is 16.7 Å². The number of hydrogen-bond acceptors (Lipinski definition) is 5. The minimum absolute atomic E-state index is 0.121. The van der Waals surface area contributed by atoms with Gasteiger partial charge in [-0.3, -0.25) is 9.48 Å². The number of carbonyl (C=O) groups excluding carboxylic acids is 1. The Balaban J connectivity index is 2.13. The summed E-state index contributed by atoms with van der Waals surface area (Å²) in [5.41, 5.74) is 0.490. The molecule has 0 radical (unpaired) electrons. The smallest absolute Gasteiger partial charge is 0.328 e. The first-order valence-corrected chi connectivity index (χ1v) is 6.95. The summed E-state index contributed by atoms with van der Waals surface area (Å²) in [6, 6.07) is 0.798. The van der Waals surface area contributed by atoms with Crippen LogP contribution in [0, 0.1) is 13.8 Å². The van der Waals surface area contributed by atoms with Crippen LogP contribution in [0.3, 0.4) is 0 Å². The molecule has 0 saturated heterocycles. The molecule has 0 saturated carbocycles. The quantitative estimate of drug-likeness (QED) is 0.846. The molecule has 0 fully saturated rings. The Labute approximate surface area is 127 Å². The lowest BCUT2D eigenvalue weighted by Gasteiger charge is -2.11. The third-order valence-electron chi connectivity index (χ3n) is 3.13. The van der Waals surface area contributed by atoms with Crippen LogP contribution in [0.25, 0.3) is 0 Å². The number of aliphatic carboxylic acids is 1. The molecule has 0 aliphatic rings. The minimum atomic E-state index is -0.954. The first-order chi connectivity index (χ1) is 10.4. The molecule has 0 aliphatic carbocycles. The number of nitrogens with one attached hydrogen (secondary N) is 1. The van der Waals surface area contributed by atoms with Gasteiger partial charge in [-0.15, -0.1) is 0 Å². The molecule has 1 atom stereocenters. The van der Waals surface area contributed by atoms with Crippen LogP contribution in [-0.4, -0.2) is 31.7 Å². The van der Waals surface area contributed by atoms with E-state index in [1.165, 1.54) is 10.9 Å². The van der Waals surface area contributed by atoms with Gasteiger partial charge < -0.3 is 14.8 Å². The summed E-state index contributed by atoms with van der Waals surface area (Å²) in [6.07, 6.45) is 2.71. The van der Waals surface area contributed by atoms with E-state index in [9.17, 15) is 14.7 Å². The van der Waals surface area contributed by atoms with Crippen LogP contribution in [0.4, 0.5) is 5.82 Å². The maximum Gasteiger partial charge on any atom is 0.328 e. The maximum absolute atomic E-state index is 12.1. The van der Waals surface area contributed by atoms with E-state index in [0.717, 1.165) is 6.42 Å². The van der Waals surface area contributed by atoms with Gasteiger partial charge in [0.1, 0.15) is 6.04 Å². The molecule has 118 valence electrons. The molecule has 2 aromatic heterocycles. The molecule has 2 heterocycles. The molecule has 22 heavy (non-hydrogen) atoms. The van der Waals surface area contributed by atoms with Crippen molar-refractivity contribution in [2.45, 2.75) is 39.7 Å². The molecule has 1 amide bonds. The van der Waals surface area contributed by atoms with E-state index in [4.69, 9.17) is 4.42 Å². The standard InChI is InChI=1S/C14H18N4O4/c1-4-5-10(14(20)21)18-7-6-11(17-18)16-13(19)12-8(2)15-9(3)22-12/h6-7,10H,4-5H2,1-3H3,(H,20,21)(H,16,17,19). The third kappa shape index (κ3) is 3.33. The number of carboxylic acids is 1. The van der Waals surface area contributed by atoms with Gasteiger partial charge in [0.15, 0.2) is 11.7 Å². The summed E-state index contributed by atoms with van der Waals surface area (Å²) in [4.78, 5) is 27.3. The molecule has 8 nitrogen and oxygen atoms in total. The summed E-state index contributed by atoms with van der Waals surface area (Å²) in [5.74, 6) is -0.631. The summed E-state index contributed by atoms with van der Waals surface area (Å²) in [6.45, 7) is 5.23. The number of nitrogens with zero attached hydrogens (tertiary/aromatic N) is 3. The second kappa shape index (κ2) is 6.42. The van der Waals surface area contributed by atoms with Gasteiger partial charge >= 0.3 is 5.97 Å². The first kappa shape index (κ1) is 15.7. The molecule has 0 aliphatic heterocycles. The lowest BCUT2D eigenvalue weighted by molar-refractivity contribution is -0.141. The molecule has 2 N–H and O–H groups in total. The lowest BCUT2D eigenvalue weighted by atomic mass is 10.2. The van der Waals surface area contributed by atoms with E-state index in [1.807, 2.05) is 6.92 Å². The average Bonchev–Trinajstić information content (AvgIpc) is 3.02. The van der Waals surface area contributed by atoms with Gasteiger partial charge in [-0.05, 0) is 13.3 Å². The van der Waals surface area contributed by atoms with Crippen LogP contribution in [-0.2, 0) is 4.79 Å². The molecule has 8 heteroatoms. The summed E-state index contributed by atoms with van der Waals surface area (Å²) < 4.78 is 6.56. The number of carboxylic acid groups (broad SMARTS) is 1. The van der Waals surface area contributed by atoms with Crippen molar-refractivity contribution in [3.8, 4) is 0 Å². The van der Waals surface area contributed by atoms with Crippen LogP contribution in [0.5, 0.6) is 0 Å². The van der Waals surface area contributed by atoms with Gasteiger partial charge in [0.25, 0.3) is 5.91 Å². The van der Waals surface area contributed by atoms with Crippen LogP contribution in [0.2, 0.25) is 0 Å². The van der Waals surface area contributed by atoms with Gasteiger partial charge in [0.05, 0.1) is 5.69 Å². The molecule has 1 unspecified atom stereocenters. The zero-order valence-corrected chi connectivity index (χ0v) is 12.7. The first-order valence-electron chi connectivity index (χ1n) is 6.95. The van der Waals surface area contributed by atoms with Crippen molar-refractivity contribution in [2.75, 3.05) is 5.32 Å². The molecular formula is C14H18N4O4. The summed E-state index contributed by atoms with van der Waals surface area (Å²) in [5, 5.41) is 15.9. The SMILES string of the molecule is CCCC(C(=O)O)n1ccc(NC(=O)c2oc(C)nc2C)n1. The lowest BCUT2D eigenvalue weighted by Crippen LogP contribution is -2.20. The highest BCUT2D eigenvalue weighted by atomic mass is 16.4. The second-order valence-electron chi connectivity index (χ2n) is 4.93. The van der Waals surface area contributed by atoms with E-state index in [0.29, 0.717) is 18.0 Å². The third-order valence-corrected chi connectivity index (χ3v) is 3.13. The van der Waals surface area contributed by atoms with Crippen molar-refractivity contribution < 1.29 is 19.1 Å². The Morgan fingerprint density at radius 1 is 1.45 bits per heavy atom. The second-order valence-corrected chi connectivity index (χ2v) is 4.93. The number of oxazole rings is 1. The van der Waals surface area contributed by atoms with Gasteiger partial charge in [0.2, 0.25) is 5.76 Å². The predicted octanol–water partition coefficient (Wildman–Crippen LogP) is 2.17. The zero-order chi connectivity index (χ0) is 16.3. The number of amides is 1. The molecule has 2 aromatic rings. The Hall–Kier alpha value is -2.64. The Morgan fingerprint density at radius 3 is 2.73 bits per heavy atom. The number of aryl methyl sites for hydroxylation is 2. The fourth-order valence-electron chi connectivity index (χ4n) is 2.14. The Morgan fingerprint density at radius 2 is 2.18 bits per heavy atom. The molecule has 0 spiro atoms. The van der Waals surface area contributed by atoms with E-state index in [-0.39, 0.29) is 11.6 Å². The van der Waals surface area contributed by atoms with Crippen LogP contribution >= 0.6 is 0 Å². The van der Waals surface area contributed by atoms with Crippen molar-refractivity contribution >= 4 is 17.7 Å². The highest BCUT2D eigenvalue weighted by molar-refractivity contribution is 6.02. The van der Waals surface area contributed by atoms with Crippen molar-refractivity contribution in [3.05, 3.63) is 29.6 Å². The summed E-state index contributed by atoms with van der Waals surface area (Å²) in [7, 11) is 0. The van der Waals surface area contributed by atoms with E-state index < -0.39 is 17.9 Å². The van der Waals surface area contributed by atoms with E-state index in [2.05, 4.69) is 15.4 Å². The van der Waals surface area contributed by atoms with Crippen molar-refractivity contribution in [2.24, 2.45) is 0 Å². The van der Waals surface area contributed by atoms with E-state index in [1.54, 1.807) is 19.9 Å². The van der Waals surface area contributed by atoms with Crippen LogP contribution in [0.1, 0.15) is 47.9 Å². The zero-order valence-electron chi connectivity index (χ0n) is 12.7. The topological polar surface area (TPSA) is 110 Å². The fraction of sp³-hybridized carbons (Fsp3) is 0.429. The summed E-state index contributed by atoms with van der Waals surface area (Å²) >= 11 is 0. The van der Waals surface area contributed by atoms with Gasteiger partial charge in [0, 0.05) is 19.2 Å². The van der Waals surface area contributed by atoms with Gasteiger partial charge in [-0.2, -0.15) is 5.10 Å². The normalized spacial score (nSPS) is 12.1.